The summed E-state index contributed by atoms with van der Waals surface area (Å²) in [4.78, 5) is 20.1. The molecular weight excluding hydrogens is 500 g/mol. The number of guanidine groups is 1. The third-order valence-corrected chi connectivity index (χ3v) is 4.44. The van der Waals surface area contributed by atoms with E-state index in [2.05, 4.69) is 15.4 Å². The number of carbonyl (C=O) groups excluding carboxylic acids is 1. The van der Waals surface area contributed by atoms with Crippen LogP contribution in [0.15, 0.2) is 41.7 Å². The summed E-state index contributed by atoms with van der Waals surface area (Å²) < 4.78 is 40.2. The van der Waals surface area contributed by atoms with Crippen molar-refractivity contribution in [2.75, 3.05) is 31.6 Å². The quantitative estimate of drug-likeness (QED) is 0.383. The predicted molar refractivity (Wildman–Crippen MR) is 114 cm³/mol. The summed E-state index contributed by atoms with van der Waals surface area (Å²) in [5.41, 5.74) is 0.525. The number of aromatic nitrogens is 2. The van der Waals surface area contributed by atoms with Crippen molar-refractivity contribution >= 4 is 41.5 Å². The highest BCUT2D eigenvalue weighted by Gasteiger charge is 2.30. The lowest BCUT2D eigenvalue weighted by Crippen LogP contribution is -2.55. The number of rotatable bonds is 3. The Morgan fingerprint density at radius 1 is 1.31 bits per heavy atom. The summed E-state index contributed by atoms with van der Waals surface area (Å²) in [5.74, 6) is 0.373. The Morgan fingerprint density at radius 3 is 2.66 bits per heavy atom. The monoisotopic (exact) mass is 522 g/mol. The molecule has 0 atom stereocenters. The third-order valence-electron chi connectivity index (χ3n) is 4.44. The highest BCUT2D eigenvalue weighted by Crippen LogP contribution is 2.29. The molecule has 1 amide bonds. The van der Waals surface area contributed by atoms with Crippen LogP contribution in [0.1, 0.15) is 11.1 Å². The molecule has 158 valence electrons. The third kappa shape index (κ3) is 5.61. The first-order chi connectivity index (χ1) is 13.3. The van der Waals surface area contributed by atoms with Gasteiger partial charge in [-0.25, -0.2) is 0 Å². The summed E-state index contributed by atoms with van der Waals surface area (Å²) in [7, 11) is 3.36. The van der Waals surface area contributed by atoms with Crippen molar-refractivity contribution in [3.63, 3.8) is 0 Å². The summed E-state index contributed by atoms with van der Waals surface area (Å²) in [6.07, 6.45) is -0.977. The van der Waals surface area contributed by atoms with Gasteiger partial charge in [-0.15, -0.1) is 24.0 Å². The Labute approximate surface area is 183 Å². The van der Waals surface area contributed by atoms with Gasteiger partial charge in [0.05, 0.1) is 17.4 Å². The van der Waals surface area contributed by atoms with E-state index in [-0.39, 0.29) is 43.0 Å². The smallest absolute Gasteiger partial charge is 0.352 e. The Morgan fingerprint density at radius 2 is 2.07 bits per heavy atom. The second kappa shape index (κ2) is 9.46. The minimum atomic E-state index is -4.38. The first-order valence-corrected chi connectivity index (χ1v) is 8.68. The molecule has 1 saturated heterocycles. The SMILES string of the molecule is CN=C(NCc1cccc(C(F)(F)F)c1)N1CCN(c2cnn(C)c2)C(=O)C1.I. The number of benzene rings is 1. The van der Waals surface area contributed by atoms with Crippen LogP contribution in [0.5, 0.6) is 0 Å². The number of hydrogen-bond donors (Lipinski definition) is 1. The van der Waals surface area contributed by atoms with Crippen LogP contribution in [-0.4, -0.2) is 53.2 Å². The summed E-state index contributed by atoms with van der Waals surface area (Å²) in [6, 6.07) is 5.13. The predicted octanol–water partition coefficient (Wildman–Crippen LogP) is 2.48. The van der Waals surface area contributed by atoms with Crippen LogP contribution < -0.4 is 10.2 Å². The maximum atomic E-state index is 12.8. The highest BCUT2D eigenvalue weighted by atomic mass is 127. The van der Waals surface area contributed by atoms with E-state index < -0.39 is 11.7 Å². The number of halogens is 4. The molecule has 1 aromatic heterocycles. The van der Waals surface area contributed by atoms with Crippen molar-refractivity contribution in [1.82, 2.24) is 20.0 Å². The van der Waals surface area contributed by atoms with Crippen molar-refractivity contribution in [3.05, 3.63) is 47.8 Å². The summed E-state index contributed by atoms with van der Waals surface area (Å²) in [6.45, 7) is 1.31. The lowest BCUT2D eigenvalue weighted by atomic mass is 10.1. The molecule has 0 radical (unpaired) electrons. The molecule has 1 aliphatic rings. The Balaban J connectivity index is 0.00000300. The van der Waals surface area contributed by atoms with E-state index in [1.807, 2.05) is 0 Å². The largest absolute Gasteiger partial charge is 0.416 e. The molecule has 1 fully saturated rings. The van der Waals surface area contributed by atoms with Gasteiger partial charge < -0.3 is 15.1 Å². The Bertz CT molecular complexity index is 882. The maximum absolute atomic E-state index is 12.8. The number of anilines is 1. The van der Waals surface area contributed by atoms with Gasteiger partial charge in [-0.1, -0.05) is 12.1 Å². The van der Waals surface area contributed by atoms with Crippen molar-refractivity contribution in [1.29, 1.82) is 0 Å². The first kappa shape index (κ1) is 23.0. The zero-order valence-electron chi connectivity index (χ0n) is 16.0. The van der Waals surface area contributed by atoms with Crippen LogP contribution in [0.2, 0.25) is 0 Å². The van der Waals surface area contributed by atoms with E-state index in [9.17, 15) is 18.0 Å². The number of aryl methyl sites for hydroxylation is 1. The molecule has 2 heterocycles. The van der Waals surface area contributed by atoms with E-state index in [1.165, 1.54) is 6.07 Å². The minimum absolute atomic E-state index is 0. The standard InChI is InChI=1S/C18H21F3N6O.HI/c1-22-17(23-9-13-4-3-5-14(8-13)18(19,20)21)26-6-7-27(16(28)12-26)15-10-24-25(2)11-15;/h3-5,8,10-11H,6-7,9,12H2,1-2H3,(H,22,23);1H. The molecule has 1 aromatic carbocycles. The highest BCUT2D eigenvalue weighted by molar-refractivity contribution is 14.0. The van der Waals surface area contributed by atoms with Crippen molar-refractivity contribution in [2.45, 2.75) is 12.7 Å². The number of piperazine rings is 1. The van der Waals surface area contributed by atoms with E-state index in [4.69, 9.17) is 0 Å². The molecule has 0 unspecified atom stereocenters. The lowest BCUT2D eigenvalue weighted by molar-refractivity contribution is -0.137. The summed E-state index contributed by atoms with van der Waals surface area (Å²) >= 11 is 0. The number of aliphatic imine (C=N–C) groups is 1. The maximum Gasteiger partial charge on any atom is 0.416 e. The topological polar surface area (TPSA) is 65.8 Å². The summed E-state index contributed by atoms with van der Waals surface area (Å²) in [5, 5.41) is 7.11. The van der Waals surface area contributed by atoms with Crippen LogP contribution in [0.3, 0.4) is 0 Å². The van der Waals surface area contributed by atoms with Crippen LogP contribution in [0, 0.1) is 0 Å². The van der Waals surface area contributed by atoms with Crippen LogP contribution in [0.4, 0.5) is 18.9 Å². The molecule has 1 N–H and O–H groups in total. The number of alkyl halides is 3. The Kier molecular flexibility index (Phi) is 7.49. The second-order valence-electron chi connectivity index (χ2n) is 6.44. The van der Waals surface area contributed by atoms with E-state index >= 15 is 0 Å². The van der Waals surface area contributed by atoms with Gasteiger partial charge in [0.2, 0.25) is 5.91 Å². The van der Waals surface area contributed by atoms with Gasteiger partial charge in [0.1, 0.15) is 6.54 Å². The van der Waals surface area contributed by atoms with E-state index in [1.54, 1.807) is 47.0 Å². The fourth-order valence-electron chi connectivity index (χ4n) is 3.05. The molecule has 29 heavy (non-hydrogen) atoms. The van der Waals surface area contributed by atoms with Gasteiger partial charge in [0.25, 0.3) is 0 Å². The zero-order valence-corrected chi connectivity index (χ0v) is 18.3. The van der Waals surface area contributed by atoms with Crippen molar-refractivity contribution in [2.24, 2.45) is 12.0 Å². The van der Waals surface area contributed by atoms with Gasteiger partial charge >= 0.3 is 6.18 Å². The molecule has 0 spiro atoms. The Hall–Kier alpha value is -2.31. The fraction of sp³-hybridized carbons (Fsp3) is 0.389. The molecule has 0 saturated carbocycles. The van der Waals surface area contributed by atoms with E-state index in [0.29, 0.717) is 24.6 Å². The van der Waals surface area contributed by atoms with Gasteiger partial charge in [0.15, 0.2) is 5.96 Å². The number of amides is 1. The van der Waals surface area contributed by atoms with E-state index in [0.717, 1.165) is 17.8 Å². The molecule has 2 aromatic rings. The average molecular weight is 522 g/mol. The number of nitrogens with one attached hydrogen (secondary N) is 1. The van der Waals surface area contributed by atoms with Crippen LogP contribution in [0.25, 0.3) is 0 Å². The average Bonchev–Trinajstić information content (AvgIpc) is 3.08. The normalized spacial score (nSPS) is 15.3. The minimum Gasteiger partial charge on any atom is -0.352 e. The first-order valence-electron chi connectivity index (χ1n) is 8.68. The number of hydrogen-bond acceptors (Lipinski definition) is 3. The fourth-order valence-corrected chi connectivity index (χ4v) is 3.05. The molecule has 11 heteroatoms. The van der Waals surface area contributed by atoms with Crippen molar-refractivity contribution in [3.8, 4) is 0 Å². The molecule has 0 bridgehead atoms. The van der Waals surface area contributed by atoms with Gasteiger partial charge in [-0.05, 0) is 17.7 Å². The zero-order chi connectivity index (χ0) is 20.3. The van der Waals surface area contributed by atoms with Gasteiger partial charge in [-0.3, -0.25) is 14.5 Å². The molecule has 3 rings (SSSR count). The van der Waals surface area contributed by atoms with Gasteiger partial charge in [-0.2, -0.15) is 18.3 Å². The van der Waals surface area contributed by atoms with Gasteiger partial charge in [0, 0.05) is 39.9 Å². The molecule has 0 aliphatic carbocycles. The van der Waals surface area contributed by atoms with Crippen LogP contribution >= 0.6 is 24.0 Å². The number of nitrogens with zero attached hydrogens (tertiary/aromatic N) is 5. The lowest BCUT2D eigenvalue weighted by Gasteiger charge is -2.35. The molecule has 7 nitrogen and oxygen atoms in total. The number of carbonyl (C=O) groups is 1. The second-order valence-corrected chi connectivity index (χ2v) is 6.44. The molecular formula is C18H22F3IN6O. The molecule has 1 aliphatic heterocycles. The van der Waals surface area contributed by atoms with Crippen LogP contribution in [-0.2, 0) is 24.6 Å². The van der Waals surface area contributed by atoms with Crippen molar-refractivity contribution < 1.29 is 18.0 Å².